The average Bonchev–Trinajstić information content (AvgIpc) is 3.17. The highest BCUT2D eigenvalue weighted by Gasteiger charge is 2.50. The van der Waals surface area contributed by atoms with Crippen LogP contribution in [0, 0.1) is 0 Å². The molecule has 276 valence electrons. The smallest absolute Gasteiger partial charge is 0.261 e. The van der Waals surface area contributed by atoms with Gasteiger partial charge in [-0.1, -0.05) is 124 Å². The van der Waals surface area contributed by atoms with Crippen molar-refractivity contribution in [2.75, 3.05) is 39.9 Å². The van der Waals surface area contributed by atoms with Crippen LogP contribution in [0.4, 0.5) is 0 Å². The van der Waals surface area contributed by atoms with Crippen LogP contribution < -0.4 is 20.4 Å². The van der Waals surface area contributed by atoms with E-state index < -0.39 is 8.32 Å². The molecule has 5 aromatic rings. The Labute approximate surface area is 321 Å². The van der Waals surface area contributed by atoms with E-state index in [0.29, 0.717) is 11.9 Å². The minimum atomic E-state index is -2.63. The van der Waals surface area contributed by atoms with Crippen LogP contribution in [0.2, 0.25) is 10.3 Å². The van der Waals surface area contributed by atoms with E-state index in [9.17, 15) is 0 Å². The number of piperazine rings is 1. The molecule has 0 amide bonds. The molecule has 1 saturated heterocycles. The Morgan fingerprint density at radius 2 is 1.49 bits per heavy atom. The normalized spacial score (nSPS) is 17.6. The highest BCUT2D eigenvalue weighted by molar-refractivity contribution is 6.99. The fourth-order valence-corrected chi connectivity index (χ4v) is 13.2. The third kappa shape index (κ3) is 8.28. The lowest BCUT2D eigenvalue weighted by Crippen LogP contribution is -2.66. The van der Waals surface area contributed by atoms with E-state index in [0.717, 1.165) is 69.2 Å². The van der Waals surface area contributed by atoms with Crippen molar-refractivity contribution in [2.24, 2.45) is 0 Å². The molecular weight excluding hydrogens is 694 g/mol. The van der Waals surface area contributed by atoms with Gasteiger partial charge in [-0.25, -0.2) is 9.97 Å². The van der Waals surface area contributed by atoms with Crippen LogP contribution >= 0.6 is 11.6 Å². The first-order chi connectivity index (χ1) is 25.7. The van der Waals surface area contributed by atoms with Gasteiger partial charge in [0.05, 0.1) is 24.5 Å². The zero-order valence-electron chi connectivity index (χ0n) is 31.5. The Balaban J connectivity index is 1.15. The summed E-state index contributed by atoms with van der Waals surface area (Å²) in [7, 11) is -0.917. The lowest BCUT2D eigenvalue weighted by molar-refractivity contribution is 0.144. The predicted molar refractivity (Wildman–Crippen MR) is 218 cm³/mol. The number of halogens is 1. The Morgan fingerprint density at radius 1 is 0.849 bits per heavy atom. The minimum absolute atomic E-state index is 0.0662. The van der Waals surface area contributed by atoms with Crippen LogP contribution in [-0.2, 0) is 23.9 Å². The number of rotatable bonds is 12. The SMILES string of the molecule is COc1ccc(C(c2nc(Cl)nc3c2CCN(Cc2ccccc2)C3)N2CCNC(CCO[Si](c3ccccc3)(c3ccccc3)C(C)(C)C)C2)cc1. The van der Waals surface area contributed by atoms with Gasteiger partial charge in [0, 0.05) is 51.9 Å². The zero-order valence-corrected chi connectivity index (χ0v) is 33.2. The van der Waals surface area contributed by atoms with Gasteiger partial charge in [-0.2, -0.15) is 0 Å². The van der Waals surface area contributed by atoms with Crippen LogP contribution in [-0.4, -0.2) is 74.0 Å². The van der Waals surface area contributed by atoms with Crippen molar-refractivity contribution in [1.29, 1.82) is 0 Å². The number of methoxy groups -OCH3 is 1. The summed E-state index contributed by atoms with van der Waals surface area (Å²) in [5, 5.41) is 6.70. The fraction of sp³-hybridized carbons (Fsp3) is 0.364. The molecule has 2 aliphatic rings. The van der Waals surface area contributed by atoms with E-state index in [2.05, 4.69) is 151 Å². The second-order valence-corrected chi connectivity index (χ2v) is 20.0. The number of hydrogen-bond donors (Lipinski definition) is 1. The lowest BCUT2D eigenvalue weighted by Gasteiger charge is -2.44. The van der Waals surface area contributed by atoms with E-state index >= 15 is 0 Å². The summed E-state index contributed by atoms with van der Waals surface area (Å²) in [6.45, 7) is 12.9. The number of benzene rings is 4. The van der Waals surface area contributed by atoms with E-state index in [1.807, 2.05) is 0 Å². The number of fused-ring (bicyclic) bond motifs is 1. The second-order valence-electron chi connectivity index (χ2n) is 15.4. The number of nitrogens with one attached hydrogen (secondary N) is 1. The molecule has 2 aliphatic heterocycles. The quantitative estimate of drug-likeness (QED) is 0.109. The molecule has 0 aliphatic carbocycles. The Bertz CT molecular complexity index is 1890. The molecule has 0 spiro atoms. The number of nitrogens with zero attached hydrogens (tertiary/aromatic N) is 4. The number of ether oxygens (including phenoxy) is 1. The third-order valence-corrected chi connectivity index (χ3v) is 16.2. The lowest BCUT2D eigenvalue weighted by atomic mass is 9.92. The third-order valence-electron chi connectivity index (χ3n) is 10.9. The van der Waals surface area contributed by atoms with Crippen molar-refractivity contribution in [3.8, 4) is 5.75 Å². The van der Waals surface area contributed by atoms with Crippen molar-refractivity contribution in [1.82, 2.24) is 25.1 Å². The summed E-state index contributed by atoms with van der Waals surface area (Å²) < 4.78 is 12.9. The molecule has 1 fully saturated rings. The molecular formula is C44H52ClN5O2Si. The molecule has 7 rings (SSSR count). The molecule has 1 N–H and O–H groups in total. The molecule has 4 aromatic carbocycles. The maximum atomic E-state index is 7.33. The molecule has 7 nitrogen and oxygen atoms in total. The fourth-order valence-electron chi connectivity index (χ4n) is 8.41. The predicted octanol–water partition coefficient (Wildman–Crippen LogP) is 7.03. The number of hydrogen-bond acceptors (Lipinski definition) is 7. The van der Waals surface area contributed by atoms with E-state index in [1.54, 1.807) is 7.11 Å². The first kappa shape index (κ1) is 37.4. The monoisotopic (exact) mass is 745 g/mol. The molecule has 9 heteroatoms. The maximum absolute atomic E-state index is 7.33. The van der Waals surface area contributed by atoms with Gasteiger partial charge in [0.25, 0.3) is 8.32 Å². The first-order valence-corrected chi connectivity index (χ1v) is 21.2. The molecule has 0 radical (unpaired) electrons. The maximum Gasteiger partial charge on any atom is 0.261 e. The van der Waals surface area contributed by atoms with Gasteiger partial charge in [0.15, 0.2) is 0 Å². The van der Waals surface area contributed by atoms with Gasteiger partial charge in [-0.05, 0) is 68.7 Å². The molecule has 0 saturated carbocycles. The minimum Gasteiger partial charge on any atom is -0.497 e. The molecule has 53 heavy (non-hydrogen) atoms. The average molecular weight is 746 g/mol. The van der Waals surface area contributed by atoms with Gasteiger partial charge >= 0.3 is 0 Å². The van der Waals surface area contributed by atoms with Crippen LogP contribution in [0.3, 0.4) is 0 Å². The van der Waals surface area contributed by atoms with Crippen LogP contribution in [0.5, 0.6) is 5.75 Å². The highest BCUT2D eigenvalue weighted by atomic mass is 35.5. The van der Waals surface area contributed by atoms with Crippen molar-refractivity contribution >= 4 is 30.3 Å². The van der Waals surface area contributed by atoms with Gasteiger partial charge in [0.2, 0.25) is 5.28 Å². The zero-order chi connectivity index (χ0) is 36.8. The summed E-state index contributed by atoms with van der Waals surface area (Å²) in [5.74, 6) is 0.838. The topological polar surface area (TPSA) is 62.8 Å². The number of aromatic nitrogens is 2. The van der Waals surface area contributed by atoms with Crippen LogP contribution in [0.25, 0.3) is 0 Å². The van der Waals surface area contributed by atoms with Gasteiger partial charge < -0.3 is 14.5 Å². The van der Waals surface area contributed by atoms with Gasteiger partial charge in [0.1, 0.15) is 5.75 Å². The van der Waals surface area contributed by atoms with Crippen molar-refractivity contribution < 1.29 is 9.16 Å². The summed E-state index contributed by atoms with van der Waals surface area (Å²) in [4.78, 5) is 14.9. The Kier molecular flexibility index (Phi) is 11.7. The van der Waals surface area contributed by atoms with Gasteiger partial charge in [-0.3, -0.25) is 9.80 Å². The standard InChI is InChI=1S/C44H52ClN5O2Si/c1-44(2,3)53(37-16-10-6-11-17-37,38-18-12-7-13-19-38)52-29-25-35-31-50(28-26-46-35)42(34-20-22-36(51-4)23-21-34)41-39-24-27-49(30-33-14-8-5-9-15-33)32-40(39)47-43(45)48-41/h5-23,35,42,46H,24-32H2,1-4H3. The van der Waals surface area contributed by atoms with Crippen molar-refractivity contribution in [3.63, 3.8) is 0 Å². The van der Waals surface area contributed by atoms with Gasteiger partial charge in [-0.15, -0.1) is 0 Å². The molecule has 3 heterocycles. The summed E-state index contributed by atoms with van der Waals surface area (Å²) >= 11 is 6.78. The summed E-state index contributed by atoms with van der Waals surface area (Å²) in [6.07, 6.45) is 1.77. The van der Waals surface area contributed by atoms with E-state index in [1.165, 1.54) is 27.1 Å². The Hall–Kier alpha value is -3.89. The molecule has 1 aromatic heterocycles. The largest absolute Gasteiger partial charge is 0.497 e. The van der Waals surface area contributed by atoms with Crippen molar-refractivity contribution in [3.05, 3.63) is 149 Å². The highest BCUT2D eigenvalue weighted by Crippen LogP contribution is 2.38. The van der Waals surface area contributed by atoms with E-state index in [4.69, 9.17) is 30.7 Å². The summed E-state index contributed by atoms with van der Waals surface area (Å²) in [6, 6.07) is 41.1. The van der Waals surface area contributed by atoms with Crippen LogP contribution in [0.1, 0.15) is 61.3 Å². The first-order valence-electron chi connectivity index (χ1n) is 18.9. The molecule has 2 atom stereocenters. The van der Waals surface area contributed by atoms with Crippen LogP contribution in [0.15, 0.2) is 115 Å². The van der Waals surface area contributed by atoms with Crippen molar-refractivity contribution in [2.45, 2.75) is 63.8 Å². The molecule has 0 bridgehead atoms. The molecule has 2 unspecified atom stereocenters. The Morgan fingerprint density at radius 3 is 2.11 bits per heavy atom. The van der Waals surface area contributed by atoms with E-state index in [-0.39, 0.29) is 17.1 Å². The summed E-state index contributed by atoms with van der Waals surface area (Å²) in [5.41, 5.74) is 5.77. The second kappa shape index (κ2) is 16.6.